The van der Waals surface area contributed by atoms with Crippen molar-refractivity contribution in [1.29, 1.82) is 0 Å². The number of sulfonamides is 1. The molecule has 114 valence electrons. The van der Waals surface area contributed by atoms with Gasteiger partial charge in [-0.15, -0.1) is 0 Å². The number of nitrogens with one attached hydrogen (secondary N) is 2. The monoisotopic (exact) mass is 310 g/mol. The van der Waals surface area contributed by atoms with Gasteiger partial charge in [-0.25, -0.2) is 13.1 Å². The Hall–Kier alpha value is -1.93. The van der Waals surface area contributed by atoms with Gasteiger partial charge in [0.05, 0.1) is 4.90 Å². The number of nitrogens with zero attached hydrogens (tertiary/aromatic N) is 2. The van der Waals surface area contributed by atoms with Crippen molar-refractivity contribution < 1.29 is 12.9 Å². The summed E-state index contributed by atoms with van der Waals surface area (Å²) in [6.07, 6.45) is 0.357. The van der Waals surface area contributed by atoms with E-state index in [1.54, 1.807) is 31.2 Å². The van der Waals surface area contributed by atoms with Gasteiger partial charge in [-0.2, -0.15) is 4.98 Å². The van der Waals surface area contributed by atoms with Crippen LogP contribution in [0.2, 0.25) is 0 Å². The number of hydrogen-bond acceptors (Lipinski definition) is 6. The van der Waals surface area contributed by atoms with E-state index in [-0.39, 0.29) is 11.4 Å². The van der Waals surface area contributed by atoms with Crippen LogP contribution >= 0.6 is 0 Å². The molecule has 1 aromatic heterocycles. The van der Waals surface area contributed by atoms with Gasteiger partial charge in [0.25, 0.3) is 0 Å². The van der Waals surface area contributed by atoms with Crippen LogP contribution in [0, 0.1) is 6.92 Å². The molecule has 1 aromatic carbocycles. The standard InChI is InChI=1S/C13H18N4O3S/c1-3-14-11-4-6-12(7-5-11)21(18,19)15-9-8-13-16-10(2)17-20-13/h4-7,14-15H,3,8-9H2,1-2H3. The lowest BCUT2D eigenvalue weighted by Gasteiger charge is -2.07. The Morgan fingerprint density at radius 2 is 1.95 bits per heavy atom. The zero-order valence-electron chi connectivity index (χ0n) is 12.0. The van der Waals surface area contributed by atoms with Gasteiger partial charge in [-0.3, -0.25) is 0 Å². The Balaban J connectivity index is 1.94. The van der Waals surface area contributed by atoms with Gasteiger partial charge >= 0.3 is 0 Å². The second kappa shape index (κ2) is 6.68. The molecule has 0 fully saturated rings. The molecule has 0 aliphatic carbocycles. The number of aryl methyl sites for hydroxylation is 1. The van der Waals surface area contributed by atoms with E-state index in [0.717, 1.165) is 12.2 Å². The molecule has 0 saturated heterocycles. The maximum Gasteiger partial charge on any atom is 0.240 e. The van der Waals surface area contributed by atoms with Crippen molar-refractivity contribution in [2.45, 2.75) is 25.2 Å². The molecule has 1 heterocycles. The first kappa shape index (κ1) is 15.5. The molecule has 0 saturated carbocycles. The van der Waals surface area contributed by atoms with E-state index >= 15 is 0 Å². The number of rotatable bonds is 7. The van der Waals surface area contributed by atoms with Crippen molar-refractivity contribution in [1.82, 2.24) is 14.9 Å². The fourth-order valence-corrected chi connectivity index (χ4v) is 2.81. The van der Waals surface area contributed by atoms with Crippen LogP contribution in [0.15, 0.2) is 33.7 Å². The van der Waals surface area contributed by atoms with Gasteiger partial charge in [0.1, 0.15) is 0 Å². The van der Waals surface area contributed by atoms with Crippen LogP contribution in [0.5, 0.6) is 0 Å². The van der Waals surface area contributed by atoms with E-state index in [1.807, 2.05) is 6.92 Å². The molecule has 8 heteroatoms. The highest BCUT2D eigenvalue weighted by molar-refractivity contribution is 7.89. The summed E-state index contributed by atoms with van der Waals surface area (Å²) in [6.45, 7) is 4.68. The normalized spacial score (nSPS) is 11.5. The molecule has 0 amide bonds. The average Bonchev–Trinajstić information content (AvgIpc) is 2.85. The lowest BCUT2D eigenvalue weighted by atomic mass is 10.3. The summed E-state index contributed by atoms with van der Waals surface area (Å²) < 4.78 is 31.6. The molecule has 0 atom stereocenters. The minimum atomic E-state index is -3.52. The number of aromatic nitrogens is 2. The third kappa shape index (κ3) is 4.27. The number of hydrogen-bond donors (Lipinski definition) is 2. The van der Waals surface area contributed by atoms with Gasteiger partial charge < -0.3 is 9.84 Å². The minimum absolute atomic E-state index is 0.207. The first-order valence-corrected chi connectivity index (χ1v) is 8.12. The zero-order chi connectivity index (χ0) is 15.3. The third-order valence-corrected chi connectivity index (χ3v) is 4.22. The highest BCUT2D eigenvalue weighted by Gasteiger charge is 2.14. The Morgan fingerprint density at radius 3 is 2.52 bits per heavy atom. The highest BCUT2D eigenvalue weighted by Crippen LogP contribution is 2.13. The predicted octanol–water partition coefficient (Wildman–Crippen LogP) is 1.33. The van der Waals surface area contributed by atoms with Gasteiger partial charge in [-0.1, -0.05) is 5.16 Å². The number of benzene rings is 1. The van der Waals surface area contributed by atoms with Crippen LogP contribution < -0.4 is 10.0 Å². The van der Waals surface area contributed by atoms with Crippen LogP contribution in [0.3, 0.4) is 0 Å². The van der Waals surface area contributed by atoms with Crippen LogP contribution in [-0.2, 0) is 16.4 Å². The largest absolute Gasteiger partial charge is 0.385 e. The predicted molar refractivity (Wildman–Crippen MR) is 78.5 cm³/mol. The highest BCUT2D eigenvalue weighted by atomic mass is 32.2. The van der Waals surface area contributed by atoms with Gasteiger partial charge in [0, 0.05) is 25.2 Å². The van der Waals surface area contributed by atoms with E-state index < -0.39 is 10.0 Å². The molecule has 0 bridgehead atoms. The van der Waals surface area contributed by atoms with Gasteiger partial charge in [-0.05, 0) is 38.1 Å². The second-order valence-corrected chi connectivity index (χ2v) is 6.20. The zero-order valence-corrected chi connectivity index (χ0v) is 12.8. The molecule has 0 unspecified atom stereocenters. The molecule has 0 aliphatic heterocycles. The summed E-state index contributed by atoms with van der Waals surface area (Å²) in [5, 5.41) is 6.76. The molecule has 0 radical (unpaired) electrons. The average molecular weight is 310 g/mol. The lowest BCUT2D eigenvalue weighted by Crippen LogP contribution is -2.26. The summed E-state index contributed by atoms with van der Waals surface area (Å²) in [5.41, 5.74) is 0.887. The van der Waals surface area contributed by atoms with E-state index in [4.69, 9.17) is 4.52 Å². The summed E-state index contributed by atoms with van der Waals surface area (Å²) in [6, 6.07) is 6.60. The molecule has 2 aromatic rings. The summed E-state index contributed by atoms with van der Waals surface area (Å²) in [7, 11) is -3.52. The molecule has 2 rings (SSSR count). The van der Waals surface area contributed by atoms with Crippen LogP contribution in [0.25, 0.3) is 0 Å². The van der Waals surface area contributed by atoms with Crippen LogP contribution in [0.4, 0.5) is 5.69 Å². The smallest absolute Gasteiger partial charge is 0.240 e. The van der Waals surface area contributed by atoms with Crippen molar-refractivity contribution in [2.75, 3.05) is 18.4 Å². The third-order valence-electron chi connectivity index (χ3n) is 2.75. The molecule has 2 N–H and O–H groups in total. The Bertz CT molecular complexity index is 680. The van der Waals surface area contributed by atoms with Gasteiger partial charge in [0.2, 0.25) is 15.9 Å². The topological polar surface area (TPSA) is 97.1 Å². The van der Waals surface area contributed by atoms with Gasteiger partial charge in [0.15, 0.2) is 5.82 Å². The Labute approximate surface area is 123 Å². The Kier molecular flexibility index (Phi) is 4.92. The molecule has 0 spiro atoms. The van der Waals surface area contributed by atoms with E-state index in [2.05, 4.69) is 20.2 Å². The quantitative estimate of drug-likeness (QED) is 0.801. The van der Waals surface area contributed by atoms with Crippen molar-refractivity contribution in [3.8, 4) is 0 Å². The lowest BCUT2D eigenvalue weighted by molar-refractivity contribution is 0.375. The summed E-state index contributed by atoms with van der Waals surface area (Å²) >= 11 is 0. The molecular weight excluding hydrogens is 292 g/mol. The van der Waals surface area contributed by atoms with Crippen LogP contribution in [-0.4, -0.2) is 31.6 Å². The molecular formula is C13H18N4O3S. The van der Waals surface area contributed by atoms with Crippen molar-refractivity contribution in [3.05, 3.63) is 36.0 Å². The van der Waals surface area contributed by atoms with E-state index in [9.17, 15) is 8.42 Å². The summed E-state index contributed by atoms with van der Waals surface area (Å²) in [4.78, 5) is 4.24. The minimum Gasteiger partial charge on any atom is -0.385 e. The maximum absolute atomic E-state index is 12.1. The Morgan fingerprint density at radius 1 is 1.24 bits per heavy atom. The maximum atomic E-state index is 12.1. The molecule has 7 nitrogen and oxygen atoms in total. The summed E-state index contributed by atoms with van der Waals surface area (Å²) in [5.74, 6) is 0.949. The fourth-order valence-electron chi connectivity index (χ4n) is 1.77. The van der Waals surface area contributed by atoms with E-state index in [0.29, 0.717) is 18.1 Å². The number of anilines is 1. The molecule has 0 aliphatic rings. The second-order valence-electron chi connectivity index (χ2n) is 4.44. The van der Waals surface area contributed by atoms with Crippen LogP contribution in [0.1, 0.15) is 18.6 Å². The molecule has 21 heavy (non-hydrogen) atoms. The van der Waals surface area contributed by atoms with Crippen molar-refractivity contribution >= 4 is 15.7 Å². The first-order valence-electron chi connectivity index (χ1n) is 6.64. The van der Waals surface area contributed by atoms with Crippen molar-refractivity contribution in [3.63, 3.8) is 0 Å². The van der Waals surface area contributed by atoms with Crippen molar-refractivity contribution in [2.24, 2.45) is 0 Å². The van der Waals surface area contributed by atoms with E-state index in [1.165, 1.54) is 0 Å². The first-order chi connectivity index (χ1) is 10.0. The SMILES string of the molecule is CCNc1ccc(S(=O)(=O)NCCc2nc(C)no2)cc1. The fraction of sp³-hybridized carbons (Fsp3) is 0.385.